The van der Waals surface area contributed by atoms with Gasteiger partial charge in [0.25, 0.3) is 5.89 Å². The highest BCUT2D eigenvalue weighted by Gasteiger charge is 2.33. The predicted octanol–water partition coefficient (Wildman–Crippen LogP) is 5.29. The van der Waals surface area contributed by atoms with Gasteiger partial charge in [0.2, 0.25) is 5.82 Å². The van der Waals surface area contributed by atoms with Crippen molar-refractivity contribution in [2.45, 2.75) is 26.8 Å². The van der Waals surface area contributed by atoms with Gasteiger partial charge in [0.05, 0.1) is 18.2 Å². The van der Waals surface area contributed by atoms with Gasteiger partial charge in [-0.1, -0.05) is 47.1 Å². The summed E-state index contributed by atoms with van der Waals surface area (Å²) in [4.78, 5) is 6.73. The number of benzene rings is 2. The molecule has 0 spiro atoms. The first-order chi connectivity index (χ1) is 15.5. The number of hydrogen-bond acceptors (Lipinski definition) is 5. The maximum Gasteiger partial charge on any atom is 0.258 e. The minimum Gasteiger partial charge on any atom is -0.494 e. The minimum absolute atomic E-state index is 0.231. The Bertz CT molecular complexity index is 1170. The highest BCUT2D eigenvalue weighted by atomic mass is 32.1. The van der Waals surface area contributed by atoms with Crippen LogP contribution in [-0.2, 0) is 0 Å². The molecule has 0 saturated heterocycles. The lowest BCUT2D eigenvalue weighted by molar-refractivity contribution is 0.340. The maximum absolute atomic E-state index is 5.77. The first-order valence-electron chi connectivity index (χ1n) is 10.6. The molecule has 0 aliphatic carbocycles. The highest BCUT2D eigenvalue weighted by molar-refractivity contribution is 7.80. The Kier molecular flexibility index (Phi) is 6.37. The lowest BCUT2D eigenvalue weighted by atomic mass is 9.94. The fourth-order valence-electron chi connectivity index (χ4n) is 3.81. The third-order valence-electron chi connectivity index (χ3n) is 5.37. The number of thiocarbonyl (C=S) groups is 1. The van der Waals surface area contributed by atoms with Crippen LogP contribution in [0.25, 0.3) is 17.0 Å². The summed E-state index contributed by atoms with van der Waals surface area (Å²) >= 11 is 5.65. The summed E-state index contributed by atoms with van der Waals surface area (Å²) in [7, 11) is 0. The molecule has 2 aromatic carbocycles. The van der Waals surface area contributed by atoms with Gasteiger partial charge in [-0.2, -0.15) is 4.98 Å². The highest BCUT2D eigenvalue weighted by Crippen LogP contribution is 2.37. The molecule has 1 aliphatic rings. The standard InChI is InChI=1S/C25H26N4O2S/c1-5-14-29-17(4)21(24-27-23(28-31-24)19-9-7-8-16(3)15-19)22(26-25(29)32)18-10-12-20(13-11-18)30-6-2/h5,7-13,15,22H,1,6,14H2,2-4H3,(H,26,32). The van der Waals surface area contributed by atoms with Crippen LogP contribution >= 0.6 is 12.2 Å². The van der Waals surface area contributed by atoms with Crippen LogP contribution in [0.3, 0.4) is 0 Å². The molecule has 2 heterocycles. The van der Waals surface area contributed by atoms with Crippen LogP contribution in [0.15, 0.2) is 71.4 Å². The number of nitrogens with zero attached hydrogens (tertiary/aromatic N) is 3. The fraction of sp³-hybridized carbons (Fsp3) is 0.240. The SMILES string of the molecule is C=CCN1C(=S)NC(c2ccc(OCC)cc2)C(c2nc(-c3cccc(C)c3)no2)=C1C. The van der Waals surface area contributed by atoms with Crippen molar-refractivity contribution in [3.8, 4) is 17.1 Å². The van der Waals surface area contributed by atoms with E-state index in [1.165, 1.54) is 0 Å². The Labute approximate surface area is 193 Å². The van der Waals surface area contributed by atoms with Crippen LogP contribution in [0, 0.1) is 6.92 Å². The summed E-state index contributed by atoms with van der Waals surface area (Å²) in [6.07, 6.45) is 1.82. The van der Waals surface area contributed by atoms with E-state index in [1.54, 1.807) is 0 Å². The second-order valence-corrected chi connectivity index (χ2v) is 7.96. The Balaban J connectivity index is 1.78. The van der Waals surface area contributed by atoms with E-state index >= 15 is 0 Å². The minimum atomic E-state index is -0.231. The van der Waals surface area contributed by atoms with E-state index in [2.05, 4.69) is 17.1 Å². The zero-order valence-corrected chi connectivity index (χ0v) is 19.3. The van der Waals surface area contributed by atoms with E-state index in [0.29, 0.717) is 30.0 Å². The molecule has 0 amide bonds. The van der Waals surface area contributed by atoms with Gasteiger partial charge < -0.3 is 19.5 Å². The van der Waals surface area contributed by atoms with E-state index in [0.717, 1.165) is 33.7 Å². The first kappa shape index (κ1) is 21.8. The molecular formula is C25H26N4O2S. The molecule has 1 atom stereocenters. The molecular weight excluding hydrogens is 420 g/mol. The van der Waals surface area contributed by atoms with Crippen molar-refractivity contribution in [2.24, 2.45) is 0 Å². The molecule has 1 aliphatic heterocycles. The molecule has 3 aromatic rings. The molecule has 1 aromatic heterocycles. The summed E-state index contributed by atoms with van der Waals surface area (Å²) in [5.74, 6) is 1.84. The van der Waals surface area contributed by atoms with Crippen molar-refractivity contribution in [1.29, 1.82) is 0 Å². The summed E-state index contributed by atoms with van der Waals surface area (Å²) < 4.78 is 11.4. The summed E-state index contributed by atoms with van der Waals surface area (Å²) in [6, 6.07) is 15.8. The second-order valence-electron chi connectivity index (χ2n) is 7.58. The molecule has 164 valence electrons. The molecule has 4 rings (SSSR count). The predicted molar refractivity (Wildman–Crippen MR) is 130 cm³/mol. The molecule has 0 radical (unpaired) electrons. The Morgan fingerprint density at radius 2 is 2.00 bits per heavy atom. The summed E-state index contributed by atoms with van der Waals surface area (Å²) in [5, 5.41) is 8.32. The molecule has 0 fully saturated rings. The van der Waals surface area contributed by atoms with Crippen LogP contribution < -0.4 is 10.1 Å². The monoisotopic (exact) mass is 446 g/mol. The van der Waals surface area contributed by atoms with Gasteiger partial charge >= 0.3 is 0 Å². The third-order valence-corrected chi connectivity index (χ3v) is 5.70. The number of rotatable bonds is 7. The van der Waals surface area contributed by atoms with Crippen LogP contribution in [0.1, 0.15) is 36.9 Å². The maximum atomic E-state index is 5.77. The summed E-state index contributed by atoms with van der Waals surface area (Å²) in [5.41, 5.74) is 4.91. The van der Waals surface area contributed by atoms with Crippen molar-refractivity contribution < 1.29 is 9.26 Å². The molecule has 1 unspecified atom stereocenters. The largest absolute Gasteiger partial charge is 0.494 e. The van der Waals surface area contributed by atoms with Crippen molar-refractivity contribution >= 4 is 22.9 Å². The number of aromatic nitrogens is 2. The Morgan fingerprint density at radius 1 is 1.22 bits per heavy atom. The zero-order chi connectivity index (χ0) is 22.7. The van der Waals surface area contributed by atoms with Crippen molar-refractivity contribution in [2.75, 3.05) is 13.2 Å². The smallest absolute Gasteiger partial charge is 0.258 e. The van der Waals surface area contributed by atoms with Crippen molar-refractivity contribution in [3.63, 3.8) is 0 Å². The van der Waals surface area contributed by atoms with Crippen LogP contribution in [-0.4, -0.2) is 33.3 Å². The van der Waals surface area contributed by atoms with Gasteiger partial charge in [0.15, 0.2) is 5.11 Å². The van der Waals surface area contributed by atoms with Gasteiger partial charge in [-0.15, -0.1) is 6.58 Å². The zero-order valence-electron chi connectivity index (χ0n) is 18.5. The first-order valence-corrected chi connectivity index (χ1v) is 11.0. The van der Waals surface area contributed by atoms with Gasteiger partial charge in [-0.3, -0.25) is 0 Å². The second kappa shape index (κ2) is 9.36. The number of aryl methyl sites for hydroxylation is 1. The third kappa shape index (κ3) is 4.29. The average molecular weight is 447 g/mol. The Hall–Kier alpha value is -3.45. The lowest BCUT2D eigenvalue weighted by Gasteiger charge is -2.36. The molecule has 0 saturated carbocycles. The van der Waals surface area contributed by atoms with Gasteiger partial charge in [0.1, 0.15) is 5.75 Å². The molecule has 7 heteroatoms. The van der Waals surface area contributed by atoms with Crippen LogP contribution in [0.5, 0.6) is 5.75 Å². The van der Waals surface area contributed by atoms with E-state index in [-0.39, 0.29) is 6.04 Å². The van der Waals surface area contributed by atoms with Gasteiger partial charge in [-0.25, -0.2) is 0 Å². The van der Waals surface area contributed by atoms with Crippen molar-refractivity contribution in [1.82, 2.24) is 20.4 Å². The van der Waals surface area contributed by atoms with Gasteiger partial charge in [-0.05, 0) is 56.8 Å². The molecule has 32 heavy (non-hydrogen) atoms. The molecule has 1 N–H and O–H groups in total. The normalized spacial score (nSPS) is 16.2. The lowest BCUT2D eigenvalue weighted by Crippen LogP contribution is -2.45. The number of hydrogen-bond donors (Lipinski definition) is 1. The number of ether oxygens (including phenoxy) is 1. The molecule has 6 nitrogen and oxygen atoms in total. The number of nitrogens with one attached hydrogen (secondary N) is 1. The van der Waals surface area contributed by atoms with Crippen molar-refractivity contribution in [3.05, 3.63) is 83.9 Å². The topological polar surface area (TPSA) is 63.4 Å². The van der Waals surface area contributed by atoms with E-state index < -0.39 is 0 Å². The van der Waals surface area contributed by atoms with E-state index in [1.807, 2.05) is 80.3 Å². The average Bonchev–Trinajstić information content (AvgIpc) is 3.27. The van der Waals surface area contributed by atoms with E-state index in [4.69, 9.17) is 26.5 Å². The Morgan fingerprint density at radius 3 is 2.69 bits per heavy atom. The van der Waals surface area contributed by atoms with Crippen LogP contribution in [0.2, 0.25) is 0 Å². The number of allylic oxidation sites excluding steroid dienone is 1. The summed E-state index contributed by atoms with van der Waals surface area (Å²) in [6.45, 7) is 11.1. The van der Waals surface area contributed by atoms with E-state index in [9.17, 15) is 0 Å². The molecule has 0 bridgehead atoms. The fourth-order valence-corrected chi connectivity index (χ4v) is 4.14. The van der Waals surface area contributed by atoms with Gasteiger partial charge in [0, 0.05) is 17.8 Å². The quantitative estimate of drug-likeness (QED) is 0.391. The van der Waals surface area contributed by atoms with Crippen LogP contribution in [0.4, 0.5) is 0 Å².